The third-order valence-corrected chi connectivity index (χ3v) is 7.02. The van der Waals surface area contributed by atoms with Crippen molar-refractivity contribution in [2.45, 2.75) is 97.5 Å². The summed E-state index contributed by atoms with van der Waals surface area (Å²) in [7, 11) is 0. The summed E-state index contributed by atoms with van der Waals surface area (Å²) >= 11 is 0. The smallest absolute Gasteiger partial charge is 0.115 e. The van der Waals surface area contributed by atoms with Gasteiger partial charge in [-0.3, -0.25) is 0 Å². The van der Waals surface area contributed by atoms with Crippen LogP contribution in [0.15, 0.2) is 23.5 Å². The number of rotatable bonds is 10. The molecule has 1 fully saturated rings. The maximum absolute atomic E-state index is 10.9. The minimum absolute atomic E-state index is 0.201. The fourth-order valence-corrected chi connectivity index (χ4v) is 5.08. The Kier molecular flexibility index (Phi) is 8.88. The molecule has 0 aromatic rings. The summed E-state index contributed by atoms with van der Waals surface area (Å²) in [4.78, 5) is 0. The molecule has 0 saturated heterocycles. The standard InChI is InChI=1S/C24H42O3/c1-4-5-6-7-14-24(2,3)19-11-13-21(23(27)16-19)22-17-20(26)12-10-18(22)9-8-15-25/h13,16,18-20,22,25-27H,4-12,14-15,17H2,1-3H3/t18-,19?,20?,22?/m1/s1. The highest BCUT2D eigenvalue weighted by molar-refractivity contribution is 5.33. The van der Waals surface area contributed by atoms with E-state index in [-0.39, 0.29) is 24.0 Å². The highest BCUT2D eigenvalue weighted by atomic mass is 16.3. The van der Waals surface area contributed by atoms with Crippen LogP contribution in [-0.2, 0) is 0 Å². The monoisotopic (exact) mass is 378 g/mol. The molecular formula is C24H42O3. The van der Waals surface area contributed by atoms with E-state index in [4.69, 9.17) is 0 Å². The molecule has 0 aromatic carbocycles. The number of hydrogen-bond acceptors (Lipinski definition) is 3. The maximum atomic E-state index is 10.9. The van der Waals surface area contributed by atoms with Crippen molar-refractivity contribution in [1.82, 2.24) is 0 Å². The molecule has 2 rings (SSSR count). The zero-order valence-corrected chi connectivity index (χ0v) is 17.8. The highest BCUT2D eigenvalue weighted by Crippen LogP contribution is 2.45. The summed E-state index contributed by atoms with van der Waals surface area (Å²) in [6.07, 6.45) is 15.8. The molecule has 3 nitrogen and oxygen atoms in total. The van der Waals surface area contributed by atoms with E-state index in [0.717, 1.165) is 44.1 Å². The van der Waals surface area contributed by atoms with Crippen molar-refractivity contribution in [3.8, 4) is 0 Å². The first-order valence-corrected chi connectivity index (χ1v) is 11.3. The van der Waals surface area contributed by atoms with Crippen LogP contribution in [0.2, 0.25) is 0 Å². The van der Waals surface area contributed by atoms with Gasteiger partial charge >= 0.3 is 0 Å². The molecule has 3 unspecified atom stereocenters. The van der Waals surface area contributed by atoms with Gasteiger partial charge in [0.05, 0.1) is 6.10 Å². The van der Waals surface area contributed by atoms with Crippen molar-refractivity contribution < 1.29 is 15.3 Å². The van der Waals surface area contributed by atoms with Gasteiger partial charge in [-0.25, -0.2) is 0 Å². The Morgan fingerprint density at radius 1 is 1.11 bits per heavy atom. The number of aliphatic hydroxyl groups excluding tert-OH is 3. The topological polar surface area (TPSA) is 60.7 Å². The normalized spacial score (nSPS) is 29.4. The Morgan fingerprint density at radius 3 is 2.56 bits per heavy atom. The highest BCUT2D eigenvalue weighted by Gasteiger charge is 2.36. The fraction of sp³-hybridized carbons (Fsp3) is 0.833. The summed E-state index contributed by atoms with van der Waals surface area (Å²) in [5.74, 6) is 1.51. The van der Waals surface area contributed by atoms with Crippen LogP contribution in [0.5, 0.6) is 0 Å². The lowest BCUT2D eigenvalue weighted by Crippen LogP contribution is -2.32. The van der Waals surface area contributed by atoms with Crippen LogP contribution in [0.1, 0.15) is 91.4 Å². The molecule has 0 bridgehead atoms. The van der Waals surface area contributed by atoms with Crippen molar-refractivity contribution in [1.29, 1.82) is 0 Å². The van der Waals surface area contributed by atoms with E-state index >= 15 is 0 Å². The third-order valence-electron chi connectivity index (χ3n) is 7.02. The Morgan fingerprint density at radius 2 is 1.89 bits per heavy atom. The van der Waals surface area contributed by atoms with Crippen LogP contribution in [0.4, 0.5) is 0 Å². The van der Waals surface area contributed by atoms with Crippen LogP contribution in [0.25, 0.3) is 0 Å². The van der Waals surface area contributed by atoms with Crippen LogP contribution in [0.3, 0.4) is 0 Å². The average molecular weight is 379 g/mol. The van der Waals surface area contributed by atoms with E-state index in [1.807, 2.05) is 0 Å². The van der Waals surface area contributed by atoms with E-state index < -0.39 is 0 Å². The van der Waals surface area contributed by atoms with E-state index in [9.17, 15) is 15.3 Å². The van der Waals surface area contributed by atoms with Crippen molar-refractivity contribution >= 4 is 0 Å². The zero-order valence-electron chi connectivity index (χ0n) is 17.8. The molecule has 0 radical (unpaired) electrons. The van der Waals surface area contributed by atoms with Gasteiger partial charge in [0.2, 0.25) is 0 Å². The minimum atomic E-state index is -0.262. The van der Waals surface area contributed by atoms with Crippen molar-refractivity contribution in [2.24, 2.45) is 23.2 Å². The Balaban J connectivity index is 2.02. The summed E-state index contributed by atoms with van der Waals surface area (Å²) < 4.78 is 0. The van der Waals surface area contributed by atoms with Gasteiger partial charge in [-0.2, -0.15) is 0 Å². The van der Waals surface area contributed by atoms with Gasteiger partial charge in [0.15, 0.2) is 0 Å². The summed E-state index contributed by atoms with van der Waals surface area (Å²) in [5, 5.41) is 30.2. The van der Waals surface area contributed by atoms with E-state index in [2.05, 4.69) is 32.9 Å². The minimum Gasteiger partial charge on any atom is -0.508 e. The second-order valence-corrected chi connectivity index (χ2v) is 9.55. The Hall–Kier alpha value is -0.800. The fourth-order valence-electron chi connectivity index (χ4n) is 5.08. The quantitative estimate of drug-likeness (QED) is 0.413. The van der Waals surface area contributed by atoms with Crippen LogP contribution >= 0.6 is 0 Å². The Bertz CT molecular complexity index is 504. The van der Waals surface area contributed by atoms with Crippen molar-refractivity contribution in [3.63, 3.8) is 0 Å². The SMILES string of the molecule is CCCCCCC(C)(C)C1C=C(O)C(C2CC(O)CC[C@H]2CCCO)=CC1. The van der Waals surface area contributed by atoms with Gasteiger partial charge in [0.1, 0.15) is 5.76 Å². The second-order valence-electron chi connectivity index (χ2n) is 9.55. The molecule has 2 aliphatic rings. The molecule has 2 aliphatic carbocycles. The van der Waals surface area contributed by atoms with Gasteiger partial charge in [0, 0.05) is 6.61 Å². The molecule has 0 amide bonds. The number of aliphatic hydroxyl groups is 3. The molecule has 27 heavy (non-hydrogen) atoms. The lowest BCUT2D eigenvalue weighted by molar-refractivity contribution is 0.0737. The van der Waals surface area contributed by atoms with Gasteiger partial charge in [-0.1, -0.05) is 52.5 Å². The van der Waals surface area contributed by atoms with Crippen LogP contribution in [0, 0.1) is 23.2 Å². The molecular weight excluding hydrogens is 336 g/mol. The second kappa shape index (κ2) is 10.7. The third kappa shape index (κ3) is 6.35. The first-order chi connectivity index (χ1) is 12.9. The first kappa shape index (κ1) is 22.5. The first-order valence-electron chi connectivity index (χ1n) is 11.3. The summed E-state index contributed by atoms with van der Waals surface area (Å²) in [6, 6.07) is 0. The van der Waals surface area contributed by atoms with E-state index in [1.165, 1.54) is 32.1 Å². The van der Waals surface area contributed by atoms with Crippen LogP contribution in [-0.4, -0.2) is 28.0 Å². The molecule has 3 N–H and O–H groups in total. The molecule has 1 saturated carbocycles. The van der Waals surface area contributed by atoms with Gasteiger partial charge in [0.25, 0.3) is 0 Å². The van der Waals surface area contributed by atoms with Crippen molar-refractivity contribution in [2.75, 3.05) is 6.61 Å². The van der Waals surface area contributed by atoms with E-state index in [0.29, 0.717) is 17.6 Å². The Labute approximate surface area is 166 Å². The zero-order chi connectivity index (χ0) is 19.9. The summed E-state index contributed by atoms with van der Waals surface area (Å²) in [6.45, 7) is 7.14. The van der Waals surface area contributed by atoms with Crippen LogP contribution < -0.4 is 0 Å². The van der Waals surface area contributed by atoms with Gasteiger partial charge in [-0.15, -0.1) is 0 Å². The van der Waals surface area contributed by atoms with Gasteiger partial charge in [-0.05, 0) is 79.8 Å². The number of hydrogen-bond donors (Lipinski definition) is 3. The largest absolute Gasteiger partial charge is 0.508 e. The lowest BCUT2D eigenvalue weighted by atomic mass is 9.67. The molecule has 3 heteroatoms. The molecule has 4 atom stereocenters. The lowest BCUT2D eigenvalue weighted by Gasteiger charge is -2.39. The summed E-state index contributed by atoms with van der Waals surface area (Å²) in [5.41, 5.74) is 1.25. The molecule has 0 aliphatic heterocycles. The van der Waals surface area contributed by atoms with Gasteiger partial charge < -0.3 is 15.3 Å². The molecule has 0 heterocycles. The number of unbranched alkanes of at least 4 members (excludes halogenated alkanes) is 3. The predicted molar refractivity (Wildman–Crippen MR) is 113 cm³/mol. The molecule has 156 valence electrons. The van der Waals surface area contributed by atoms with E-state index in [1.54, 1.807) is 0 Å². The molecule has 0 spiro atoms. The average Bonchev–Trinajstić information content (AvgIpc) is 2.64. The number of allylic oxidation sites excluding steroid dienone is 3. The maximum Gasteiger partial charge on any atom is 0.115 e. The van der Waals surface area contributed by atoms with Crippen molar-refractivity contribution in [3.05, 3.63) is 23.5 Å². The predicted octanol–water partition coefficient (Wildman–Crippen LogP) is 5.92. The molecule has 0 aromatic heterocycles.